The number of carbonyl (C=O) groups is 1. The zero-order valence-electron chi connectivity index (χ0n) is 18.5. The molecule has 1 aromatic carbocycles. The molecule has 0 spiro atoms. The molecule has 0 bridgehead atoms. The average molecular weight is 423 g/mol. The van der Waals surface area contributed by atoms with Crippen molar-refractivity contribution in [1.29, 1.82) is 0 Å². The summed E-state index contributed by atoms with van der Waals surface area (Å²) in [5.74, 6) is 0.760. The quantitative estimate of drug-likeness (QED) is 0.626. The van der Waals surface area contributed by atoms with Crippen LogP contribution in [-0.4, -0.2) is 39.3 Å². The monoisotopic (exact) mass is 422 g/mol. The van der Waals surface area contributed by atoms with E-state index in [-0.39, 0.29) is 17.8 Å². The summed E-state index contributed by atoms with van der Waals surface area (Å²) in [6, 6.07) is 12.7. The number of amides is 1. The summed E-state index contributed by atoms with van der Waals surface area (Å²) in [6.45, 7) is 7.81. The number of anilines is 1. The fourth-order valence-electron chi connectivity index (χ4n) is 4.72. The Morgan fingerprint density at radius 1 is 1.26 bits per heavy atom. The number of rotatable bonds is 6. The Morgan fingerprint density at radius 3 is 2.87 bits per heavy atom. The Labute approximate surface area is 183 Å². The first-order chi connectivity index (χ1) is 14.9. The third kappa shape index (κ3) is 4.89. The van der Waals surface area contributed by atoms with Gasteiger partial charge in [0.2, 0.25) is 5.91 Å². The number of benzene rings is 1. The second-order valence-corrected chi connectivity index (χ2v) is 9.03. The Kier molecular flexibility index (Phi) is 6.25. The highest BCUT2D eigenvalue weighted by molar-refractivity contribution is 5.79. The van der Waals surface area contributed by atoms with Crippen LogP contribution in [0.3, 0.4) is 0 Å². The second kappa shape index (κ2) is 9.08. The average Bonchev–Trinajstić information content (AvgIpc) is 3.04. The first kappa shape index (κ1) is 21.3. The van der Waals surface area contributed by atoms with Crippen molar-refractivity contribution in [1.82, 2.24) is 14.3 Å². The van der Waals surface area contributed by atoms with E-state index < -0.39 is 0 Å². The molecule has 2 aromatic heterocycles. The van der Waals surface area contributed by atoms with Gasteiger partial charge in [-0.3, -0.25) is 4.79 Å². The molecule has 31 heavy (non-hydrogen) atoms. The molecule has 3 heterocycles. The molecule has 1 fully saturated rings. The Morgan fingerprint density at radius 2 is 2.10 bits per heavy atom. The van der Waals surface area contributed by atoms with Crippen molar-refractivity contribution in [2.75, 3.05) is 18.4 Å². The molecule has 2 atom stereocenters. The van der Waals surface area contributed by atoms with Gasteiger partial charge in [0.05, 0.1) is 17.8 Å². The van der Waals surface area contributed by atoms with Gasteiger partial charge in [-0.05, 0) is 61.9 Å². The number of hydrogen-bond donors (Lipinski definition) is 1. The fourth-order valence-corrected chi connectivity index (χ4v) is 4.72. The number of aryl methyl sites for hydroxylation is 1. The molecule has 3 aromatic rings. The maximum Gasteiger partial charge on any atom is 0.228 e. The van der Waals surface area contributed by atoms with Crippen LogP contribution in [0.4, 0.5) is 10.1 Å². The van der Waals surface area contributed by atoms with Crippen molar-refractivity contribution in [2.24, 2.45) is 11.8 Å². The van der Waals surface area contributed by atoms with Crippen molar-refractivity contribution in [3.8, 4) is 0 Å². The van der Waals surface area contributed by atoms with E-state index in [1.54, 1.807) is 6.07 Å². The molecule has 0 radical (unpaired) electrons. The van der Waals surface area contributed by atoms with E-state index in [1.165, 1.54) is 12.1 Å². The van der Waals surface area contributed by atoms with Crippen LogP contribution in [0.2, 0.25) is 0 Å². The normalized spacial score (nSPS) is 19.2. The van der Waals surface area contributed by atoms with E-state index >= 15 is 0 Å². The predicted octanol–water partition coefficient (Wildman–Crippen LogP) is 4.70. The lowest BCUT2D eigenvalue weighted by Gasteiger charge is -2.40. The fraction of sp³-hybridized carbons (Fsp3) is 0.440. The van der Waals surface area contributed by atoms with Gasteiger partial charge in [0, 0.05) is 31.0 Å². The molecule has 1 aliphatic heterocycles. The van der Waals surface area contributed by atoms with Crippen LogP contribution in [-0.2, 0) is 11.2 Å². The molecule has 1 saturated heterocycles. The van der Waals surface area contributed by atoms with Crippen molar-refractivity contribution >= 4 is 17.2 Å². The number of carbonyl (C=O) groups excluding carboxylic acids is 1. The summed E-state index contributed by atoms with van der Waals surface area (Å²) in [7, 11) is 0. The van der Waals surface area contributed by atoms with Gasteiger partial charge in [0.15, 0.2) is 0 Å². The first-order valence-corrected chi connectivity index (χ1v) is 11.1. The molecule has 1 N–H and O–H groups in total. The van der Waals surface area contributed by atoms with Gasteiger partial charge in [0.25, 0.3) is 0 Å². The number of nitrogens with zero attached hydrogens (tertiary/aromatic N) is 3. The van der Waals surface area contributed by atoms with Crippen LogP contribution in [0.5, 0.6) is 0 Å². The molecular formula is C25H31FN4O. The largest absolute Gasteiger partial charge is 0.382 e. The van der Waals surface area contributed by atoms with Crippen LogP contribution >= 0.6 is 0 Å². The van der Waals surface area contributed by atoms with E-state index in [0.717, 1.165) is 42.1 Å². The smallest absolute Gasteiger partial charge is 0.228 e. The highest BCUT2D eigenvalue weighted by Crippen LogP contribution is 2.28. The molecule has 5 nitrogen and oxygen atoms in total. The molecule has 1 amide bonds. The summed E-state index contributed by atoms with van der Waals surface area (Å²) in [4.78, 5) is 19.8. The van der Waals surface area contributed by atoms with Crippen molar-refractivity contribution < 1.29 is 9.18 Å². The van der Waals surface area contributed by atoms with Crippen molar-refractivity contribution in [2.45, 2.75) is 46.1 Å². The van der Waals surface area contributed by atoms with E-state index in [4.69, 9.17) is 0 Å². The summed E-state index contributed by atoms with van der Waals surface area (Å²) < 4.78 is 15.6. The van der Waals surface area contributed by atoms with Crippen LogP contribution in [0.25, 0.3) is 5.65 Å². The third-order valence-electron chi connectivity index (χ3n) is 6.19. The van der Waals surface area contributed by atoms with E-state index in [9.17, 15) is 9.18 Å². The topological polar surface area (TPSA) is 49.6 Å². The van der Waals surface area contributed by atoms with Crippen molar-refractivity contribution in [3.05, 3.63) is 65.9 Å². The number of pyridine rings is 1. The SMILES string of the molecule is Cc1nc2ccccn2c1CC(=O)N1CC[C@@H](Nc2cccc(F)c2)[C@@H](CC(C)C)C1. The summed E-state index contributed by atoms with van der Waals surface area (Å²) in [6.07, 6.45) is 4.19. The highest BCUT2D eigenvalue weighted by atomic mass is 19.1. The molecule has 6 heteroatoms. The molecular weight excluding hydrogens is 391 g/mol. The summed E-state index contributed by atoms with van der Waals surface area (Å²) >= 11 is 0. The van der Waals surface area contributed by atoms with Gasteiger partial charge < -0.3 is 14.6 Å². The molecule has 0 saturated carbocycles. The zero-order valence-corrected chi connectivity index (χ0v) is 18.5. The minimum absolute atomic E-state index is 0.145. The Hall–Kier alpha value is -2.89. The van der Waals surface area contributed by atoms with Crippen molar-refractivity contribution in [3.63, 3.8) is 0 Å². The Balaban J connectivity index is 1.47. The lowest BCUT2D eigenvalue weighted by Crippen LogP contribution is -2.49. The zero-order chi connectivity index (χ0) is 22.0. The highest BCUT2D eigenvalue weighted by Gasteiger charge is 2.32. The van der Waals surface area contributed by atoms with E-state index in [2.05, 4.69) is 24.1 Å². The van der Waals surface area contributed by atoms with Gasteiger partial charge in [-0.25, -0.2) is 9.37 Å². The maximum absolute atomic E-state index is 13.6. The lowest BCUT2D eigenvalue weighted by atomic mass is 9.85. The van der Waals surface area contributed by atoms with Crippen LogP contribution in [0.15, 0.2) is 48.7 Å². The molecule has 0 unspecified atom stereocenters. The molecule has 1 aliphatic rings. The van der Waals surface area contributed by atoms with Crippen LogP contribution < -0.4 is 5.32 Å². The Bertz CT molecular complexity index is 1060. The van der Waals surface area contributed by atoms with E-state index in [1.807, 2.05) is 46.7 Å². The van der Waals surface area contributed by atoms with Gasteiger partial charge in [-0.1, -0.05) is 26.0 Å². The second-order valence-electron chi connectivity index (χ2n) is 9.03. The van der Waals surface area contributed by atoms with Gasteiger partial charge in [0.1, 0.15) is 11.5 Å². The molecule has 4 rings (SSSR count). The number of halogens is 1. The van der Waals surface area contributed by atoms with Gasteiger partial charge in [-0.15, -0.1) is 0 Å². The molecule has 0 aliphatic carbocycles. The first-order valence-electron chi connectivity index (χ1n) is 11.1. The minimum Gasteiger partial charge on any atom is -0.382 e. The molecule has 164 valence electrons. The van der Waals surface area contributed by atoms with Gasteiger partial charge in [-0.2, -0.15) is 0 Å². The summed E-state index contributed by atoms with van der Waals surface area (Å²) in [5, 5.41) is 3.52. The summed E-state index contributed by atoms with van der Waals surface area (Å²) in [5.41, 5.74) is 3.54. The maximum atomic E-state index is 13.6. The number of imidazole rings is 1. The van der Waals surface area contributed by atoms with Crippen LogP contribution in [0, 0.1) is 24.6 Å². The predicted molar refractivity (Wildman–Crippen MR) is 122 cm³/mol. The van der Waals surface area contributed by atoms with E-state index in [0.29, 0.717) is 24.8 Å². The minimum atomic E-state index is -0.235. The number of hydrogen-bond acceptors (Lipinski definition) is 3. The standard InChI is InChI=1S/C25H31FN4O/c1-17(2)13-19-16-29(12-10-22(19)28-21-8-6-7-20(26)14-21)25(31)15-23-18(3)27-24-9-4-5-11-30(23)24/h4-9,11,14,17,19,22,28H,10,12-13,15-16H2,1-3H3/t19-,22+/m0/s1. The van der Waals surface area contributed by atoms with Crippen LogP contribution in [0.1, 0.15) is 38.1 Å². The number of aromatic nitrogens is 2. The van der Waals surface area contributed by atoms with Gasteiger partial charge >= 0.3 is 0 Å². The number of nitrogens with one attached hydrogen (secondary N) is 1. The third-order valence-corrected chi connectivity index (χ3v) is 6.19. The number of fused-ring (bicyclic) bond motifs is 1. The lowest BCUT2D eigenvalue weighted by molar-refractivity contribution is -0.132. The number of piperidine rings is 1. The number of likely N-dealkylation sites (tertiary alicyclic amines) is 1.